The zero-order valence-electron chi connectivity index (χ0n) is 13.5. The highest BCUT2D eigenvalue weighted by Gasteiger charge is 2.09. The number of rotatable bonds is 5. The molecule has 0 spiro atoms. The van der Waals surface area contributed by atoms with E-state index in [0.29, 0.717) is 18.1 Å². The van der Waals surface area contributed by atoms with Gasteiger partial charge in [0.25, 0.3) is 0 Å². The van der Waals surface area contributed by atoms with Crippen LogP contribution in [0.5, 0.6) is 0 Å². The normalized spacial score (nSPS) is 11.3. The van der Waals surface area contributed by atoms with Gasteiger partial charge in [-0.25, -0.2) is 9.37 Å². The molecule has 23 heavy (non-hydrogen) atoms. The Morgan fingerprint density at radius 1 is 1.30 bits per heavy atom. The molecule has 0 saturated carbocycles. The maximum Gasteiger partial charge on any atom is 0.149 e. The summed E-state index contributed by atoms with van der Waals surface area (Å²) in [4.78, 5) is 4.29. The van der Waals surface area contributed by atoms with Gasteiger partial charge in [0.05, 0.1) is 0 Å². The average Bonchev–Trinajstić information content (AvgIpc) is 2.97. The van der Waals surface area contributed by atoms with Crippen molar-refractivity contribution in [2.45, 2.75) is 33.2 Å². The van der Waals surface area contributed by atoms with E-state index >= 15 is 0 Å². The third-order valence-electron chi connectivity index (χ3n) is 3.79. The molecule has 2 aromatic heterocycles. The molecule has 0 atom stereocenters. The van der Waals surface area contributed by atoms with Gasteiger partial charge in [-0.2, -0.15) is 0 Å². The summed E-state index contributed by atoms with van der Waals surface area (Å²) < 4.78 is 16.0. The summed E-state index contributed by atoms with van der Waals surface area (Å²) in [7, 11) is 0. The molecule has 1 N–H and O–H groups in total. The van der Waals surface area contributed by atoms with E-state index in [9.17, 15) is 4.39 Å². The predicted octanol–water partition coefficient (Wildman–Crippen LogP) is 3.51. The van der Waals surface area contributed by atoms with Crippen molar-refractivity contribution in [3.63, 3.8) is 0 Å². The number of hydrogen-bond donors (Lipinski definition) is 1. The molecular weight excluding hydrogens is 293 g/mol. The van der Waals surface area contributed by atoms with Crippen molar-refractivity contribution in [2.75, 3.05) is 11.9 Å². The first-order valence-electron chi connectivity index (χ1n) is 7.74. The number of fused-ring (bicyclic) bond motifs is 1. The van der Waals surface area contributed by atoms with E-state index in [-0.39, 0.29) is 5.82 Å². The monoisotopic (exact) mass is 313 g/mol. The molecule has 6 heteroatoms. The Morgan fingerprint density at radius 2 is 2.13 bits per heavy atom. The molecule has 0 unspecified atom stereocenters. The Morgan fingerprint density at radius 3 is 2.91 bits per heavy atom. The van der Waals surface area contributed by atoms with Crippen LogP contribution in [0.25, 0.3) is 10.9 Å². The number of anilines is 1. The second kappa shape index (κ2) is 6.32. The van der Waals surface area contributed by atoms with Crippen LogP contribution in [0.15, 0.2) is 30.6 Å². The highest BCUT2D eigenvalue weighted by Crippen LogP contribution is 2.25. The molecule has 5 nitrogen and oxygen atoms in total. The fourth-order valence-corrected chi connectivity index (χ4v) is 2.67. The van der Waals surface area contributed by atoms with Gasteiger partial charge in [0.15, 0.2) is 0 Å². The van der Waals surface area contributed by atoms with Gasteiger partial charge in [-0.3, -0.25) is 0 Å². The average molecular weight is 313 g/mol. The van der Waals surface area contributed by atoms with Crippen LogP contribution in [0.3, 0.4) is 0 Å². The van der Waals surface area contributed by atoms with Crippen molar-refractivity contribution >= 4 is 16.6 Å². The molecule has 3 aromatic rings. The summed E-state index contributed by atoms with van der Waals surface area (Å²) in [6.07, 6.45) is 2.50. The van der Waals surface area contributed by atoms with Gasteiger partial charge in [0.2, 0.25) is 0 Å². The number of benzene rings is 1. The highest BCUT2D eigenvalue weighted by atomic mass is 19.1. The fraction of sp³-hybridized carbons (Fsp3) is 0.353. The van der Waals surface area contributed by atoms with Gasteiger partial charge in [0.1, 0.15) is 23.5 Å². The van der Waals surface area contributed by atoms with Crippen LogP contribution in [0.4, 0.5) is 10.1 Å². The van der Waals surface area contributed by atoms with Gasteiger partial charge in [0, 0.05) is 35.8 Å². The summed E-state index contributed by atoms with van der Waals surface area (Å²) in [6, 6.07) is 7.29. The molecule has 3 rings (SSSR count). The van der Waals surface area contributed by atoms with Crippen molar-refractivity contribution in [1.29, 1.82) is 0 Å². The minimum absolute atomic E-state index is 0.297. The number of nitrogens with one attached hydrogen (secondary N) is 1. The Hall–Kier alpha value is -2.50. The van der Waals surface area contributed by atoms with E-state index < -0.39 is 0 Å². The number of halogens is 1. The van der Waals surface area contributed by atoms with Gasteiger partial charge < -0.3 is 9.88 Å². The Labute approximate surface area is 134 Å². The molecule has 0 aliphatic rings. The van der Waals surface area contributed by atoms with E-state index in [1.54, 1.807) is 12.4 Å². The predicted molar refractivity (Wildman–Crippen MR) is 89.0 cm³/mol. The van der Waals surface area contributed by atoms with Gasteiger partial charge in [-0.15, -0.1) is 10.2 Å². The molecular formula is C17H20FN5. The number of hydrogen-bond acceptors (Lipinski definition) is 4. The lowest BCUT2D eigenvalue weighted by Gasteiger charge is -2.13. The SMILES string of the molecule is Cc1cc(NCCc2nncn2C(C)C)c2cccc(F)c2n1. The molecule has 0 aliphatic carbocycles. The van der Waals surface area contributed by atoms with Crippen LogP contribution < -0.4 is 5.32 Å². The zero-order valence-corrected chi connectivity index (χ0v) is 13.5. The van der Waals surface area contributed by atoms with Crippen LogP contribution in [-0.2, 0) is 6.42 Å². The fourth-order valence-electron chi connectivity index (χ4n) is 2.67. The molecule has 1 aromatic carbocycles. The number of pyridine rings is 1. The maximum atomic E-state index is 13.9. The number of nitrogens with zero attached hydrogens (tertiary/aromatic N) is 4. The summed E-state index contributed by atoms with van der Waals surface area (Å²) >= 11 is 0. The minimum atomic E-state index is -0.297. The molecule has 0 fully saturated rings. The van der Waals surface area contributed by atoms with Gasteiger partial charge in [-0.05, 0) is 32.9 Å². The number of para-hydroxylation sites is 1. The first-order chi connectivity index (χ1) is 11.1. The molecule has 120 valence electrons. The van der Waals surface area contributed by atoms with Crippen molar-refractivity contribution in [2.24, 2.45) is 0 Å². The molecule has 2 heterocycles. The first-order valence-corrected chi connectivity index (χ1v) is 7.74. The second-order valence-corrected chi connectivity index (χ2v) is 5.87. The number of aromatic nitrogens is 4. The van der Waals surface area contributed by atoms with Crippen molar-refractivity contribution < 1.29 is 4.39 Å². The standard InChI is InChI=1S/C17H20FN5/c1-11(2)23-10-20-22-16(23)7-8-19-15-9-12(3)21-17-13(15)5-4-6-14(17)18/h4-6,9-11H,7-8H2,1-3H3,(H,19,21). The van der Waals surface area contributed by atoms with Crippen molar-refractivity contribution in [3.8, 4) is 0 Å². The second-order valence-electron chi connectivity index (χ2n) is 5.87. The number of aryl methyl sites for hydroxylation is 1. The van der Waals surface area contributed by atoms with Gasteiger partial charge in [-0.1, -0.05) is 12.1 Å². The van der Waals surface area contributed by atoms with Crippen LogP contribution in [0.1, 0.15) is 31.4 Å². The lowest BCUT2D eigenvalue weighted by molar-refractivity contribution is 0.568. The summed E-state index contributed by atoms with van der Waals surface area (Å²) in [5.74, 6) is 0.641. The topological polar surface area (TPSA) is 55.6 Å². The summed E-state index contributed by atoms with van der Waals surface area (Å²) in [5.41, 5.74) is 2.08. The van der Waals surface area contributed by atoms with Crippen LogP contribution >= 0.6 is 0 Å². The van der Waals surface area contributed by atoms with E-state index in [2.05, 4.69) is 38.9 Å². The Bertz CT molecular complexity index is 825. The van der Waals surface area contributed by atoms with Crippen LogP contribution in [-0.4, -0.2) is 26.3 Å². The van der Waals surface area contributed by atoms with E-state index in [4.69, 9.17) is 0 Å². The van der Waals surface area contributed by atoms with E-state index in [1.807, 2.05) is 19.1 Å². The largest absolute Gasteiger partial charge is 0.384 e. The van der Waals surface area contributed by atoms with E-state index in [0.717, 1.165) is 29.0 Å². The van der Waals surface area contributed by atoms with Crippen LogP contribution in [0.2, 0.25) is 0 Å². The van der Waals surface area contributed by atoms with E-state index in [1.165, 1.54) is 6.07 Å². The first kappa shape index (κ1) is 15.4. The molecule has 0 bridgehead atoms. The molecule has 0 amide bonds. The highest BCUT2D eigenvalue weighted by molar-refractivity contribution is 5.91. The minimum Gasteiger partial charge on any atom is -0.384 e. The van der Waals surface area contributed by atoms with Crippen molar-refractivity contribution in [1.82, 2.24) is 19.7 Å². The Balaban J connectivity index is 1.80. The quantitative estimate of drug-likeness (QED) is 0.783. The third-order valence-corrected chi connectivity index (χ3v) is 3.79. The Kier molecular flexibility index (Phi) is 4.23. The third kappa shape index (κ3) is 3.16. The lowest BCUT2D eigenvalue weighted by atomic mass is 10.1. The van der Waals surface area contributed by atoms with Crippen LogP contribution in [0, 0.1) is 12.7 Å². The smallest absolute Gasteiger partial charge is 0.149 e. The van der Waals surface area contributed by atoms with Gasteiger partial charge >= 0.3 is 0 Å². The maximum absolute atomic E-state index is 13.9. The van der Waals surface area contributed by atoms with Crippen molar-refractivity contribution in [3.05, 3.63) is 47.9 Å². The summed E-state index contributed by atoms with van der Waals surface area (Å²) in [5, 5.41) is 12.3. The zero-order chi connectivity index (χ0) is 16.4. The molecule has 0 aliphatic heterocycles. The molecule has 0 radical (unpaired) electrons. The molecule has 0 saturated heterocycles. The summed E-state index contributed by atoms with van der Waals surface area (Å²) in [6.45, 7) is 6.76. The lowest BCUT2D eigenvalue weighted by Crippen LogP contribution is -2.12.